The summed E-state index contributed by atoms with van der Waals surface area (Å²) in [6.07, 6.45) is 0.360. The summed E-state index contributed by atoms with van der Waals surface area (Å²) in [6, 6.07) is 7.51. The lowest BCUT2D eigenvalue weighted by Crippen LogP contribution is -2.38. The number of benzene rings is 1. The smallest absolute Gasteiger partial charge is 0.226 e. The molecule has 0 radical (unpaired) electrons. The van der Waals surface area contributed by atoms with Crippen LogP contribution in [0.2, 0.25) is 0 Å². The summed E-state index contributed by atoms with van der Waals surface area (Å²) in [4.78, 5) is 22.2. The fourth-order valence-corrected chi connectivity index (χ4v) is 3.39. The number of anilines is 1. The van der Waals surface area contributed by atoms with Crippen molar-refractivity contribution in [2.24, 2.45) is 4.99 Å². The van der Waals surface area contributed by atoms with E-state index in [4.69, 9.17) is 0 Å². The van der Waals surface area contributed by atoms with Gasteiger partial charge in [-0.3, -0.25) is 4.79 Å². The number of hydrogen-bond donors (Lipinski definition) is 3. The molecule has 1 aromatic heterocycles. The number of amides is 1. The molecule has 0 saturated carbocycles. The van der Waals surface area contributed by atoms with Gasteiger partial charge in [0.25, 0.3) is 0 Å². The Labute approximate surface area is 166 Å². The number of aromatic nitrogens is 1. The molecule has 2 aromatic rings. The summed E-state index contributed by atoms with van der Waals surface area (Å²) in [5.74, 6) is 0.666. The number of carbonyl (C=O) groups is 1. The molecule has 1 aromatic carbocycles. The number of thiazole rings is 1. The first-order valence-electron chi connectivity index (χ1n) is 8.48. The average molecular weight is 438 g/mol. The molecule has 0 spiro atoms. The van der Waals surface area contributed by atoms with Crippen molar-refractivity contribution < 1.29 is 4.79 Å². The van der Waals surface area contributed by atoms with Gasteiger partial charge in [0.2, 0.25) is 5.91 Å². The molecule has 8 heteroatoms. The van der Waals surface area contributed by atoms with Crippen molar-refractivity contribution in [2.75, 3.05) is 18.4 Å². The molecule has 0 saturated heterocycles. The fraction of sp³-hybridized carbons (Fsp3) is 0.389. The maximum absolute atomic E-state index is 12.0. The molecule has 26 heavy (non-hydrogen) atoms. The van der Waals surface area contributed by atoms with Crippen molar-refractivity contribution in [3.63, 3.8) is 0 Å². The van der Waals surface area contributed by atoms with E-state index in [1.54, 1.807) is 11.3 Å². The van der Waals surface area contributed by atoms with Gasteiger partial charge in [0.1, 0.15) is 0 Å². The first-order chi connectivity index (χ1) is 12.5. The lowest BCUT2D eigenvalue weighted by molar-refractivity contribution is -0.116. The third-order valence-electron chi connectivity index (χ3n) is 3.50. The first-order valence-corrected chi connectivity index (χ1v) is 10.1. The molecule has 6 nitrogen and oxygen atoms in total. The van der Waals surface area contributed by atoms with Gasteiger partial charge in [0.15, 0.2) is 5.96 Å². The van der Waals surface area contributed by atoms with Crippen LogP contribution in [0.1, 0.15) is 28.9 Å². The zero-order valence-electron chi connectivity index (χ0n) is 15.2. The maximum Gasteiger partial charge on any atom is 0.226 e. The number of aliphatic imine (C=N–C) groups is 1. The Balaban J connectivity index is 1.81. The minimum absolute atomic E-state index is 0.0374. The second-order valence-electron chi connectivity index (χ2n) is 5.67. The van der Waals surface area contributed by atoms with Crippen LogP contribution in [0.15, 0.2) is 33.7 Å². The highest BCUT2D eigenvalue weighted by Crippen LogP contribution is 2.17. The summed E-state index contributed by atoms with van der Waals surface area (Å²) in [6.45, 7) is 7.86. The maximum atomic E-state index is 12.0. The number of hydrogen-bond acceptors (Lipinski definition) is 4. The first kappa shape index (κ1) is 20.4. The Morgan fingerprint density at radius 3 is 2.58 bits per heavy atom. The van der Waals surface area contributed by atoms with Crippen molar-refractivity contribution in [1.29, 1.82) is 0 Å². The van der Waals surface area contributed by atoms with Crippen LogP contribution in [0.3, 0.4) is 0 Å². The van der Waals surface area contributed by atoms with Gasteiger partial charge in [-0.1, -0.05) is 15.9 Å². The largest absolute Gasteiger partial charge is 0.357 e. The summed E-state index contributed by atoms with van der Waals surface area (Å²) < 4.78 is 0.982. The molecular weight excluding hydrogens is 414 g/mol. The van der Waals surface area contributed by atoms with Crippen molar-refractivity contribution in [3.8, 4) is 0 Å². The van der Waals surface area contributed by atoms with Gasteiger partial charge >= 0.3 is 0 Å². The number of halogens is 1. The predicted octanol–water partition coefficient (Wildman–Crippen LogP) is 3.61. The third kappa shape index (κ3) is 6.76. The molecule has 140 valence electrons. The van der Waals surface area contributed by atoms with Crippen LogP contribution >= 0.6 is 27.3 Å². The number of aryl methyl sites for hydroxylation is 2. The average Bonchev–Trinajstić information content (AvgIpc) is 2.92. The van der Waals surface area contributed by atoms with Crippen molar-refractivity contribution in [1.82, 2.24) is 15.6 Å². The standard InChI is InChI=1S/C18H24BrN5OS/c1-4-20-18(22-11-16-12(2)23-13(3)26-16)21-10-9-17(25)24-15-7-5-14(19)6-8-15/h5-8H,4,9-11H2,1-3H3,(H,24,25)(H2,20,21,22). The molecule has 3 N–H and O–H groups in total. The van der Waals surface area contributed by atoms with E-state index in [0.29, 0.717) is 25.5 Å². The normalized spacial score (nSPS) is 11.3. The van der Waals surface area contributed by atoms with Gasteiger partial charge in [-0.05, 0) is 45.0 Å². The quantitative estimate of drug-likeness (QED) is 0.456. The number of nitrogens with zero attached hydrogens (tertiary/aromatic N) is 2. The molecule has 0 aliphatic rings. The number of nitrogens with one attached hydrogen (secondary N) is 3. The van der Waals surface area contributed by atoms with Crippen LogP contribution < -0.4 is 16.0 Å². The molecule has 0 bridgehead atoms. The zero-order valence-corrected chi connectivity index (χ0v) is 17.6. The van der Waals surface area contributed by atoms with Crippen LogP contribution in [-0.2, 0) is 11.3 Å². The number of guanidine groups is 1. The van der Waals surface area contributed by atoms with Gasteiger partial charge in [0.05, 0.1) is 17.2 Å². The Bertz CT molecular complexity index is 757. The zero-order chi connectivity index (χ0) is 18.9. The highest BCUT2D eigenvalue weighted by atomic mass is 79.9. The molecule has 0 fully saturated rings. The van der Waals surface area contributed by atoms with Crippen LogP contribution in [0.5, 0.6) is 0 Å². The second-order valence-corrected chi connectivity index (χ2v) is 7.87. The Kier molecular flexibility index (Phi) is 8.06. The molecule has 1 amide bonds. The fourth-order valence-electron chi connectivity index (χ4n) is 2.26. The second kappa shape index (κ2) is 10.3. The van der Waals surface area contributed by atoms with Crippen molar-refractivity contribution in [2.45, 2.75) is 33.7 Å². The van der Waals surface area contributed by atoms with Crippen LogP contribution in [-0.4, -0.2) is 29.9 Å². The summed E-state index contributed by atoms with van der Waals surface area (Å²) in [7, 11) is 0. The van der Waals surface area contributed by atoms with E-state index in [9.17, 15) is 4.79 Å². The topological polar surface area (TPSA) is 78.4 Å². The Morgan fingerprint density at radius 1 is 1.23 bits per heavy atom. The van der Waals surface area contributed by atoms with E-state index >= 15 is 0 Å². The lowest BCUT2D eigenvalue weighted by atomic mass is 10.3. The SMILES string of the molecule is CCNC(=NCc1sc(C)nc1C)NCCC(=O)Nc1ccc(Br)cc1. The molecule has 0 atom stereocenters. The van der Waals surface area contributed by atoms with Gasteiger partial charge in [-0.25, -0.2) is 9.98 Å². The molecule has 0 aliphatic carbocycles. The van der Waals surface area contributed by atoms with Crippen LogP contribution in [0, 0.1) is 13.8 Å². The van der Waals surface area contributed by atoms with Gasteiger partial charge in [-0.15, -0.1) is 11.3 Å². The van der Waals surface area contributed by atoms with Gasteiger partial charge < -0.3 is 16.0 Å². The van der Waals surface area contributed by atoms with Gasteiger partial charge in [-0.2, -0.15) is 0 Å². The highest BCUT2D eigenvalue weighted by molar-refractivity contribution is 9.10. The van der Waals surface area contributed by atoms with E-state index in [1.165, 1.54) is 0 Å². The molecule has 2 rings (SSSR count). The molecule has 0 aliphatic heterocycles. The minimum atomic E-state index is -0.0374. The lowest BCUT2D eigenvalue weighted by Gasteiger charge is -2.11. The van der Waals surface area contributed by atoms with Crippen molar-refractivity contribution >= 4 is 44.8 Å². The van der Waals surface area contributed by atoms with Crippen LogP contribution in [0.4, 0.5) is 5.69 Å². The highest BCUT2D eigenvalue weighted by Gasteiger charge is 2.06. The number of carbonyl (C=O) groups excluding carboxylic acids is 1. The third-order valence-corrected chi connectivity index (χ3v) is 5.08. The predicted molar refractivity (Wildman–Crippen MR) is 112 cm³/mol. The van der Waals surface area contributed by atoms with Crippen LogP contribution in [0.25, 0.3) is 0 Å². The van der Waals surface area contributed by atoms with E-state index < -0.39 is 0 Å². The Hall–Kier alpha value is -1.93. The summed E-state index contributed by atoms with van der Waals surface area (Å²) in [5.41, 5.74) is 1.82. The Morgan fingerprint density at radius 2 is 1.96 bits per heavy atom. The summed E-state index contributed by atoms with van der Waals surface area (Å²) in [5, 5.41) is 10.3. The number of rotatable bonds is 7. The molecule has 1 heterocycles. The minimum Gasteiger partial charge on any atom is -0.357 e. The van der Waals surface area contributed by atoms with E-state index in [-0.39, 0.29) is 5.91 Å². The van der Waals surface area contributed by atoms with E-state index in [1.807, 2.05) is 45.0 Å². The monoisotopic (exact) mass is 437 g/mol. The van der Waals surface area contributed by atoms with E-state index in [0.717, 1.165) is 32.3 Å². The van der Waals surface area contributed by atoms with Gasteiger partial charge in [0, 0.05) is 34.5 Å². The molecular formula is C18H24BrN5OS. The van der Waals surface area contributed by atoms with Crippen molar-refractivity contribution in [3.05, 3.63) is 44.3 Å². The van der Waals surface area contributed by atoms with E-state index in [2.05, 4.69) is 41.9 Å². The summed E-state index contributed by atoms with van der Waals surface area (Å²) >= 11 is 5.04. The molecule has 0 unspecified atom stereocenters.